The van der Waals surface area contributed by atoms with Gasteiger partial charge in [-0.05, 0) is 22.3 Å². The SMILES string of the molecule is NC(=O)C(O)C(C(=O)OC(c1ccccc1)c1ccccc1)(C(=O)OC(c1ccccc1)c1ccccc1)C(O)S(N)(=O)=O. The molecule has 0 saturated heterocycles. The molecule has 0 heterocycles. The van der Waals surface area contributed by atoms with Gasteiger partial charge in [0, 0.05) is 0 Å². The van der Waals surface area contributed by atoms with Crippen molar-refractivity contribution in [1.29, 1.82) is 0 Å². The van der Waals surface area contributed by atoms with Crippen LogP contribution in [0.5, 0.6) is 0 Å². The first-order chi connectivity index (χ1) is 21.0. The van der Waals surface area contributed by atoms with Crippen LogP contribution in [0, 0.1) is 5.41 Å². The van der Waals surface area contributed by atoms with Crippen LogP contribution in [0.25, 0.3) is 0 Å². The van der Waals surface area contributed by atoms with Gasteiger partial charge in [-0.25, -0.2) is 13.6 Å². The molecule has 0 radical (unpaired) electrons. The summed E-state index contributed by atoms with van der Waals surface area (Å²) in [6.45, 7) is 0. The normalized spacial score (nSPS) is 13.2. The molecular weight excluding hydrogens is 588 g/mol. The number of primary amides is 1. The van der Waals surface area contributed by atoms with Gasteiger partial charge in [-0.15, -0.1) is 0 Å². The highest BCUT2D eigenvalue weighted by Crippen LogP contribution is 2.39. The van der Waals surface area contributed by atoms with Gasteiger partial charge in [0.25, 0.3) is 0 Å². The number of benzene rings is 4. The molecule has 4 aromatic rings. The maximum Gasteiger partial charge on any atom is 0.331 e. The lowest BCUT2D eigenvalue weighted by molar-refractivity contribution is -0.194. The molecule has 11 nitrogen and oxygen atoms in total. The first kappa shape index (κ1) is 32.0. The minimum absolute atomic E-state index is 0.374. The summed E-state index contributed by atoms with van der Waals surface area (Å²) in [5.41, 5.74) is -0.0712. The van der Waals surface area contributed by atoms with Crippen LogP contribution >= 0.6 is 0 Å². The average Bonchev–Trinajstić information content (AvgIpc) is 3.03. The van der Waals surface area contributed by atoms with Crippen molar-refractivity contribution in [3.63, 3.8) is 0 Å². The highest BCUT2D eigenvalue weighted by molar-refractivity contribution is 7.89. The van der Waals surface area contributed by atoms with Crippen LogP contribution in [-0.4, -0.2) is 48.0 Å². The number of carbonyl (C=O) groups is 3. The van der Waals surface area contributed by atoms with E-state index < -0.39 is 57.0 Å². The van der Waals surface area contributed by atoms with Crippen LogP contribution in [0.3, 0.4) is 0 Å². The van der Waals surface area contributed by atoms with Crippen molar-refractivity contribution in [3.05, 3.63) is 144 Å². The molecule has 0 aliphatic heterocycles. The number of hydrogen-bond donors (Lipinski definition) is 4. The molecule has 0 bridgehead atoms. The van der Waals surface area contributed by atoms with Crippen LogP contribution in [0.15, 0.2) is 121 Å². The lowest BCUT2D eigenvalue weighted by atomic mass is 9.81. The van der Waals surface area contributed by atoms with E-state index in [1.54, 1.807) is 121 Å². The number of esters is 2. The number of aliphatic hydroxyl groups excluding tert-OH is 2. The minimum Gasteiger partial charge on any atom is -0.452 e. The number of hydrogen-bond acceptors (Lipinski definition) is 9. The molecular formula is C32H30N2O9S. The summed E-state index contributed by atoms with van der Waals surface area (Å²) in [7, 11) is -5.27. The van der Waals surface area contributed by atoms with Crippen LogP contribution in [0.4, 0.5) is 0 Å². The molecule has 2 atom stereocenters. The first-order valence-electron chi connectivity index (χ1n) is 13.3. The van der Waals surface area contributed by atoms with Crippen molar-refractivity contribution in [1.82, 2.24) is 0 Å². The van der Waals surface area contributed by atoms with Crippen molar-refractivity contribution in [3.8, 4) is 0 Å². The predicted molar refractivity (Wildman–Crippen MR) is 158 cm³/mol. The molecule has 12 heteroatoms. The first-order valence-corrected chi connectivity index (χ1v) is 14.9. The zero-order chi connectivity index (χ0) is 31.9. The topological polar surface area (TPSA) is 196 Å². The van der Waals surface area contributed by atoms with E-state index in [2.05, 4.69) is 0 Å². The van der Waals surface area contributed by atoms with Crippen molar-refractivity contribution in [2.24, 2.45) is 16.3 Å². The second kappa shape index (κ2) is 13.6. The van der Waals surface area contributed by atoms with Gasteiger partial charge in [0.05, 0.1) is 0 Å². The van der Waals surface area contributed by atoms with Gasteiger partial charge in [0.2, 0.25) is 21.3 Å². The second-order valence-corrected chi connectivity index (χ2v) is 11.5. The fourth-order valence-electron chi connectivity index (χ4n) is 4.70. The van der Waals surface area contributed by atoms with Gasteiger partial charge < -0.3 is 25.4 Å². The third-order valence-corrected chi connectivity index (χ3v) is 7.93. The quantitative estimate of drug-likeness (QED) is 0.136. The van der Waals surface area contributed by atoms with E-state index in [0.29, 0.717) is 22.3 Å². The van der Waals surface area contributed by atoms with E-state index in [9.17, 15) is 33.0 Å². The van der Waals surface area contributed by atoms with Gasteiger partial charge in [-0.2, -0.15) is 0 Å². The third-order valence-electron chi connectivity index (χ3n) is 6.94. The molecule has 0 saturated carbocycles. The van der Waals surface area contributed by atoms with Crippen molar-refractivity contribution in [2.75, 3.05) is 0 Å². The Morgan fingerprint density at radius 1 is 0.591 bits per heavy atom. The molecule has 6 N–H and O–H groups in total. The number of primary sulfonamides is 1. The van der Waals surface area contributed by atoms with Crippen LogP contribution < -0.4 is 10.9 Å². The molecule has 0 fully saturated rings. The second-order valence-electron chi connectivity index (χ2n) is 9.83. The smallest absolute Gasteiger partial charge is 0.331 e. The lowest BCUT2D eigenvalue weighted by Gasteiger charge is -2.36. The predicted octanol–water partition coefficient (Wildman–Crippen LogP) is 2.09. The number of carbonyl (C=O) groups excluding carboxylic acids is 3. The average molecular weight is 619 g/mol. The Labute approximate surface area is 253 Å². The summed E-state index contributed by atoms with van der Waals surface area (Å²) in [5.74, 6) is -5.38. The molecule has 4 rings (SSSR count). The molecule has 1 amide bonds. The monoisotopic (exact) mass is 618 g/mol. The zero-order valence-corrected chi connectivity index (χ0v) is 24.0. The number of sulfonamides is 1. The van der Waals surface area contributed by atoms with E-state index in [1.807, 2.05) is 0 Å². The Morgan fingerprint density at radius 3 is 1.09 bits per heavy atom. The van der Waals surface area contributed by atoms with Crippen LogP contribution in [0.1, 0.15) is 34.5 Å². The number of amides is 1. The van der Waals surface area contributed by atoms with Gasteiger partial charge in [0.1, 0.15) is 0 Å². The molecule has 0 aliphatic rings. The summed E-state index contributed by atoms with van der Waals surface area (Å²) in [4.78, 5) is 40.8. The Morgan fingerprint density at radius 2 is 0.864 bits per heavy atom. The molecule has 0 aliphatic carbocycles. The van der Waals surface area contributed by atoms with Crippen LogP contribution in [-0.2, 0) is 33.9 Å². The van der Waals surface area contributed by atoms with Crippen molar-refractivity contribution >= 4 is 27.9 Å². The Bertz CT molecular complexity index is 1510. The lowest BCUT2D eigenvalue weighted by Crippen LogP contribution is -2.64. The van der Waals surface area contributed by atoms with Gasteiger partial charge in [0.15, 0.2) is 23.7 Å². The molecule has 2 unspecified atom stereocenters. The van der Waals surface area contributed by atoms with E-state index in [1.165, 1.54) is 0 Å². The maximum absolute atomic E-state index is 14.2. The van der Waals surface area contributed by atoms with E-state index in [-0.39, 0.29) is 0 Å². The molecule has 4 aromatic carbocycles. The van der Waals surface area contributed by atoms with E-state index in [4.69, 9.17) is 20.3 Å². The number of nitrogens with two attached hydrogens (primary N) is 2. The van der Waals surface area contributed by atoms with E-state index >= 15 is 0 Å². The maximum atomic E-state index is 14.2. The highest BCUT2D eigenvalue weighted by atomic mass is 32.2. The third kappa shape index (κ3) is 6.68. The number of aliphatic hydroxyl groups is 2. The van der Waals surface area contributed by atoms with Crippen molar-refractivity contribution < 1.29 is 42.5 Å². The standard InChI is InChI=1S/C32H30N2O9S/c33-28(36)27(35)32(31(39)44(34,40)41,29(37)42-25(21-13-5-1-6-14-21)22-15-7-2-8-16-22)30(38)43-26(23-17-9-3-10-18-23)24-19-11-4-12-20-24/h1-20,25-27,31,35,39H,(H2,33,36)(H2,34,40,41). The summed E-state index contributed by atoms with van der Waals surface area (Å²) < 4.78 is 36.6. The largest absolute Gasteiger partial charge is 0.452 e. The molecule has 228 valence electrons. The number of rotatable bonds is 12. The summed E-state index contributed by atoms with van der Waals surface area (Å²) in [6.07, 6.45) is -5.57. The van der Waals surface area contributed by atoms with E-state index in [0.717, 1.165) is 0 Å². The van der Waals surface area contributed by atoms with Gasteiger partial charge in [-0.3, -0.25) is 14.4 Å². The zero-order valence-electron chi connectivity index (χ0n) is 23.2. The highest BCUT2D eigenvalue weighted by Gasteiger charge is 2.66. The summed E-state index contributed by atoms with van der Waals surface area (Å²) >= 11 is 0. The van der Waals surface area contributed by atoms with Gasteiger partial charge >= 0.3 is 11.9 Å². The summed E-state index contributed by atoms with van der Waals surface area (Å²) in [6, 6.07) is 32.6. The Kier molecular flexibility index (Phi) is 9.91. The molecule has 0 spiro atoms. The van der Waals surface area contributed by atoms with Gasteiger partial charge in [-0.1, -0.05) is 121 Å². The molecule has 0 aromatic heterocycles. The Balaban J connectivity index is 1.90. The number of ether oxygens (including phenoxy) is 2. The molecule has 44 heavy (non-hydrogen) atoms. The van der Waals surface area contributed by atoms with Crippen LogP contribution in [0.2, 0.25) is 0 Å². The summed E-state index contributed by atoms with van der Waals surface area (Å²) in [5, 5.41) is 27.4. The fraction of sp³-hybridized carbons (Fsp3) is 0.156. The minimum atomic E-state index is -5.27. The Hall–Kier alpha value is -4.88. The van der Waals surface area contributed by atoms with Crippen molar-refractivity contribution in [2.45, 2.75) is 23.7 Å². The fourth-order valence-corrected chi connectivity index (χ4v) is 5.54.